The van der Waals surface area contributed by atoms with Crippen molar-refractivity contribution in [2.75, 3.05) is 11.9 Å². The molecule has 6 nitrogen and oxygen atoms in total. The topological polar surface area (TPSA) is 94.2 Å². The van der Waals surface area contributed by atoms with Crippen LogP contribution >= 0.6 is 15.9 Å². The fourth-order valence-electron chi connectivity index (χ4n) is 1.20. The predicted octanol–water partition coefficient (Wildman–Crippen LogP) is 2.05. The number of carbonyl (C=O) groups excluding carboxylic acids is 1. The van der Waals surface area contributed by atoms with Crippen LogP contribution in [0, 0.1) is 6.92 Å². The Kier molecular flexibility index (Phi) is 4.33. The van der Waals surface area contributed by atoms with E-state index in [9.17, 15) is 9.59 Å². The second kappa shape index (κ2) is 5.53. The summed E-state index contributed by atoms with van der Waals surface area (Å²) >= 11 is 3.09. The second-order valence-electron chi connectivity index (χ2n) is 3.37. The van der Waals surface area contributed by atoms with Crippen molar-refractivity contribution < 1.29 is 14.7 Å². The first-order valence-corrected chi connectivity index (χ1v) is 5.50. The van der Waals surface area contributed by atoms with Crippen molar-refractivity contribution in [3.05, 3.63) is 28.5 Å². The zero-order valence-electron chi connectivity index (χ0n) is 9.13. The van der Waals surface area contributed by atoms with Gasteiger partial charge in [0.1, 0.15) is 5.69 Å². The highest BCUT2D eigenvalue weighted by molar-refractivity contribution is 9.11. The van der Waals surface area contributed by atoms with Gasteiger partial charge in [-0.15, -0.1) is 0 Å². The molecule has 1 aromatic heterocycles. The molecule has 4 N–H and O–H groups in total. The number of aromatic amines is 1. The largest absolute Gasteiger partial charge is 0.477 e. The van der Waals surface area contributed by atoms with Crippen molar-refractivity contribution >= 4 is 33.6 Å². The molecule has 1 rings (SSSR count). The maximum Gasteiger partial charge on any atom is 0.354 e. The molecule has 0 spiro atoms. The Balaban J connectivity index is 2.71. The van der Waals surface area contributed by atoms with Gasteiger partial charge in [0.15, 0.2) is 0 Å². The molecule has 0 fully saturated rings. The van der Waals surface area contributed by atoms with E-state index < -0.39 is 12.0 Å². The van der Waals surface area contributed by atoms with Crippen molar-refractivity contribution in [2.45, 2.75) is 6.92 Å². The Morgan fingerprint density at radius 3 is 2.76 bits per heavy atom. The van der Waals surface area contributed by atoms with Gasteiger partial charge in [0, 0.05) is 10.2 Å². The van der Waals surface area contributed by atoms with E-state index in [4.69, 9.17) is 5.11 Å². The van der Waals surface area contributed by atoms with Gasteiger partial charge in [-0.1, -0.05) is 22.5 Å². The number of hydrogen-bond acceptors (Lipinski definition) is 2. The molecule has 2 amide bonds. The fraction of sp³-hybridized carbons (Fsp3) is 0.200. The monoisotopic (exact) mass is 301 g/mol. The smallest absolute Gasteiger partial charge is 0.354 e. The molecule has 1 aromatic rings. The summed E-state index contributed by atoms with van der Waals surface area (Å²) in [6.45, 7) is 5.52. The van der Waals surface area contributed by atoms with E-state index >= 15 is 0 Å². The number of aromatic nitrogens is 1. The van der Waals surface area contributed by atoms with Crippen LogP contribution in [0.4, 0.5) is 10.5 Å². The van der Waals surface area contributed by atoms with E-state index in [2.05, 4.69) is 38.1 Å². The van der Waals surface area contributed by atoms with Crippen LogP contribution in [0.2, 0.25) is 0 Å². The summed E-state index contributed by atoms with van der Waals surface area (Å²) in [5.41, 5.74) is 0.839. The van der Waals surface area contributed by atoms with Gasteiger partial charge >= 0.3 is 12.0 Å². The lowest BCUT2D eigenvalue weighted by molar-refractivity contribution is 0.0692. The molecule has 0 unspecified atom stereocenters. The second-order valence-corrected chi connectivity index (χ2v) is 4.49. The number of amides is 2. The number of aromatic carboxylic acids is 1. The van der Waals surface area contributed by atoms with Gasteiger partial charge in [-0.25, -0.2) is 9.59 Å². The van der Waals surface area contributed by atoms with Crippen molar-refractivity contribution in [3.63, 3.8) is 0 Å². The van der Waals surface area contributed by atoms with E-state index in [0.29, 0.717) is 10.2 Å². The lowest BCUT2D eigenvalue weighted by atomic mass is 10.3. The Morgan fingerprint density at radius 2 is 2.24 bits per heavy atom. The molecule has 0 aliphatic rings. The van der Waals surface area contributed by atoms with Crippen LogP contribution in [0.1, 0.15) is 16.2 Å². The van der Waals surface area contributed by atoms with Gasteiger partial charge in [0.2, 0.25) is 0 Å². The van der Waals surface area contributed by atoms with Crippen molar-refractivity contribution in [2.24, 2.45) is 0 Å². The molecule has 1 heterocycles. The van der Waals surface area contributed by atoms with Gasteiger partial charge in [0.25, 0.3) is 0 Å². The average molecular weight is 302 g/mol. The number of rotatable bonds is 4. The molecule has 92 valence electrons. The molecule has 0 bridgehead atoms. The highest BCUT2D eigenvalue weighted by Crippen LogP contribution is 2.16. The summed E-state index contributed by atoms with van der Waals surface area (Å²) < 4.78 is 0.622. The van der Waals surface area contributed by atoms with Gasteiger partial charge < -0.3 is 20.7 Å². The maximum absolute atomic E-state index is 11.4. The third kappa shape index (κ3) is 3.95. The molecule has 0 aliphatic carbocycles. The minimum atomic E-state index is -1.13. The number of hydrogen-bond donors (Lipinski definition) is 4. The van der Waals surface area contributed by atoms with Crippen LogP contribution in [0.15, 0.2) is 17.1 Å². The van der Waals surface area contributed by atoms with E-state index in [1.54, 1.807) is 13.0 Å². The molecule has 0 saturated heterocycles. The van der Waals surface area contributed by atoms with Crippen LogP contribution in [0.5, 0.6) is 0 Å². The first-order chi connectivity index (χ1) is 7.90. The van der Waals surface area contributed by atoms with E-state index in [1.807, 2.05) is 0 Å². The molecule has 0 radical (unpaired) electrons. The fourth-order valence-corrected chi connectivity index (χ4v) is 1.34. The van der Waals surface area contributed by atoms with E-state index in [1.165, 1.54) is 0 Å². The third-order valence-corrected chi connectivity index (χ3v) is 2.14. The SMILES string of the molecule is C=C(Br)CNC(=O)Nc1cc(C)[nH]c1C(=O)O. The average Bonchev–Trinajstić information content (AvgIpc) is 2.56. The standard InChI is InChI=1S/C10H12BrN3O3/c1-5(11)4-12-10(17)14-7-3-6(2)13-8(7)9(15)16/h3,13H,1,4H2,2H3,(H,15,16)(H2,12,14,17). The summed E-state index contributed by atoms with van der Waals surface area (Å²) in [7, 11) is 0. The summed E-state index contributed by atoms with van der Waals surface area (Å²) in [4.78, 5) is 24.9. The summed E-state index contributed by atoms with van der Waals surface area (Å²) in [5.74, 6) is -1.13. The Bertz CT molecular complexity index is 467. The van der Waals surface area contributed by atoms with Crippen molar-refractivity contribution in [3.8, 4) is 0 Å². The van der Waals surface area contributed by atoms with E-state index in [-0.39, 0.29) is 17.9 Å². The first kappa shape index (κ1) is 13.3. The van der Waals surface area contributed by atoms with Crippen LogP contribution in [-0.2, 0) is 0 Å². The number of carboxylic acid groups (broad SMARTS) is 1. The predicted molar refractivity (Wildman–Crippen MR) is 67.6 cm³/mol. The van der Waals surface area contributed by atoms with Crippen molar-refractivity contribution in [1.29, 1.82) is 0 Å². The summed E-state index contributed by atoms with van der Waals surface area (Å²) in [6.07, 6.45) is 0. The number of H-pyrrole nitrogens is 1. The third-order valence-electron chi connectivity index (χ3n) is 1.86. The Morgan fingerprint density at radius 1 is 1.59 bits per heavy atom. The summed E-state index contributed by atoms with van der Waals surface area (Å²) in [5, 5.41) is 13.8. The maximum atomic E-state index is 11.4. The number of anilines is 1. The normalized spacial score (nSPS) is 9.76. The quantitative estimate of drug-likeness (QED) is 0.685. The molecule has 17 heavy (non-hydrogen) atoms. The molecule has 0 aromatic carbocycles. The van der Waals surface area contributed by atoms with Crippen molar-refractivity contribution in [1.82, 2.24) is 10.3 Å². The lowest BCUT2D eigenvalue weighted by Gasteiger charge is -2.05. The minimum Gasteiger partial charge on any atom is -0.477 e. The number of carbonyl (C=O) groups is 2. The lowest BCUT2D eigenvalue weighted by Crippen LogP contribution is -2.29. The van der Waals surface area contributed by atoms with Crippen LogP contribution < -0.4 is 10.6 Å². The summed E-state index contributed by atoms with van der Waals surface area (Å²) in [6, 6.07) is 1.05. The Labute approximate surface area is 106 Å². The number of aryl methyl sites for hydroxylation is 1. The number of halogens is 1. The highest BCUT2D eigenvalue weighted by Gasteiger charge is 2.14. The van der Waals surface area contributed by atoms with Crippen LogP contribution in [0.25, 0.3) is 0 Å². The number of carboxylic acids is 1. The number of urea groups is 1. The van der Waals surface area contributed by atoms with Gasteiger partial charge in [-0.05, 0) is 13.0 Å². The van der Waals surface area contributed by atoms with E-state index in [0.717, 1.165) is 0 Å². The van der Waals surface area contributed by atoms with Gasteiger partial charge in [-0.2, -0.15) is 0 Å². The molecule has 7 heteroatoms. The van der Waals surface area contributed by atoms with Gasteiger partial charge in [0.05, 0.1) is 12.2 Å². The molecular weight excluding hydrogens is 290 g/mol. The minimum absolute atomic E-state index is 0.0460. The molecule has 0 atom stereocenters. The number of nitrogens with one attached hydrogen (secondary N) is 3. The zero-order chi connectivity index (χ0) is 13.0. The first-order valence-electron chi connectivity index (χ1n) is 4.71. The van der Waals surface area contributed by atoms with Crippen LogP contribution in [0.3, 0.4) is 0 Å². The molecular formula is C10H12BrN3O3. The van der Waals surface area contributed by atoms with Crippen LogP contribution in [-0.4, -0.2) is 28.6 Å². The zero-order valence-corrected chi connectivity index (χ0v) is 10.7. The highest BCUT2D eigenvalue weighted by atomic mass is 79.9. The van der Waals surface area contributed by atoms with Gasteiger partial charge in [-0.3, -0.25) is 0 Å². The molecule has 0 aliphatic heterocycles. The Hall–Kier alpha value is -1.76. The molecule has 0 saturated carbocycles.